The lowest BCUT2D eigenvalue weighted by Gasteiger charge is -2.25. The molecule has 0 saturated carbocycles. The molecule has 2 fully saturated rings. The van der Waals surface area contributed by atoms with E-state index in [9.17, 15) is 38.4 Å². The van der Waals surface area contributed by atoms with Gasteiger partial charge in [0.25, 0.3) is 0 Å². The van der Waals surface area contributed by atoms with Gasteiger partial charge in [-0.05, 0) is 38.5 Å². The number of aliphatic carboxylic acids is 2. The maximum absolute atomic E-state index is 12.1. The fourth-order valence-corrected chi connectivity index (χ4v) is 4.53. The molecule has 2 aliphatic rings. The highest BCUT2D eigenvalue weighted by molar-refractivity contribution is 5.92. The number of amides is 6. The number of carboxylic acids is 2. The number of carboxylic acid groups (broad SMARTS) is 2. The number of nitrogens with two attached hydrogens (primary N) is 4. The van der Waals surface area contributed by atoms with Crippen LogP contribution in [0.2, 0.25) is 0 Å². The number of hydrogen-bond donors (Lipinski definition) is 8. The third-order valence-corrected chi connectivity index (χ3v) is 6.69. The van der Waals surface area contributed by atoms with Crippen molar-refractivity contribution < 1.29 is 48.6 Å². The van der Waals surface area contributed by atoms with Gasteiger partial charge in [0.1, 0.15) is 24.2 Å². The second kappa shape index (κ2) is 17.5. The lowest BCUT2D eigenvalue weighted by atomic mass is 10.1. The third-order valence-electron chi connectivity index (χ3n) is 6.69. The van der Waals surface area contributed by atoms with E-state index >= 15 is 0 Å². The van der Waals surface area contributed by atoms with Crippen molar-refractivity contribution in [3.63, 3.8) is 0 Å². The number of nitrogens with one attached hydrogen (secondary N) is 2. The van der Waals surface area contributed by atoms with Crippen LogP contribution in [0.3, 0.4) is 0 Å². The molecule has 0 aromatic heterocycles. The van der Waals surface area contributed by atoms with Gasteiger partial charge in [0.05, 0.1) is 13.1 Å². The summed E-state index contributed by atoms with van der Waals surface area (Å²) in [4.78, 5) is 93.7. The highest BCUT2D eigenvalue weighted by atomic mass is 16.4. The molecule has 4 atom stereocenters. The Morgan fingerprint density at radius 3 is 1.26 bits per heavy atom. The smallest absolute Gasteiger partial charge is 0.326 e. The molecule has 0 spiro atoms. The van der Waals surface area contributed by atoms with Gasteiger partial charge in [-0.1, -0.05) is 0 Å². The van der Waals surface area contributed by atoms with Crippen molar-refractivity contribution in [1.82, 2.24) is 20.4 Å². The molecule has 6 amide bonds. The first-order valence-corrected chi connectivity index (χ1v) is 13.3. The molecule has 12 N–H and O–H groups in total. The largest absolute Gasteiger partial charge is 0.480 e. The molecule has 2 saturated heterocycles. The fraction of sp³-hybridized carbons (Fsp3) is 0.667. The molecule has 0 aromatic carbocycles. The molecule has 2 aliphatic heterocycles. The van der Waals surface area contributed by atoms with E-state index in [1.165, 1.54) is 9.80 Å². The molecule has 0 bridgehead atoms. The zero-order chi connectivity index (χ0) is 32.0. The molecule has 0 aliphatic carbocycles. The van der Waals surface area contributed by atoms with Crippen LogP contribution in [0.15, 0.2) is 0 Å². The van der Waals surface area contributed by atoms with Crippen molar-refractivity contribution in [1.29, 1.82) is 0 Å². The molecular weight excluding hydrogens is 560 g/mol. The van der Waals surface area contributed by atoms with E-state index in [4.69, 9.17) is 33.1 Å². The van der Waals surface area contributed by atoms with Crippen molar-refractivity contribution in [2.75, 3.05) is 26.2 Å². The second-order valence-electron chi connectivity index (χ2n) is 9.71. The molecule has 236 valence electrons. The monoisotopic (exact) mass is 600 g/mol. The van der Waals surface area contributed by atoms with Crippen LogP contribution >= 0.6 is 0 Å². The van der Waals surface area contributed by atoms with Gasteiger partial charge >= 0.3 is 11.9 Å². The lowest BCUT2D eigenvalue weighted by molar-refractivity contribution is -0.144. The summed E-state index contributed by atoms with van der Waals surface area (Å²) in [7, 11) is 0. The van der Waals surface area contributed by atoms with E-state index in [0.717, 1.165) is 0 Å². The molecule has 0 radical (unpaired) electrons. The van der Waals surface area contributed by atoms with Crippen LogP contribution in [0.25, 0.3) is 0 Å². The average molecular weight is 601 g/mol. The number of carbonyl (C=O) groups is 8. The quantitative estimate of drug-likeness (QED) is 0.0936. The zero-order valence-electron chi connectivity index (χ0n) is 23.2. The number of hydrogen-bond acceptors (Lipinski definition) is 10. The minimum Gasteiger partial charge on any atom is -0.480 e. The van der Waals surface area contributed by atoms with Crippen LogP contribution in [0.4, 0.5) is 0 Å². The minimum absolute atomic E-state index is 0.0893. The maximum atomic E-state index is 12.1. The zero-order valence-corrected chi connectivity index (χ0v) is 23.2. The molecule has 18 heteroatoms. The van der Waals surface area contributed by atoms with E-state index < -0.39 is 59.7 Å². The Morgan fingerprint density at radius 1 is 0.667 bits per heavy atom. The Hall–Kier alpha value is -4.32. The van der Waals surface area contributed by atoms with E-state index in [-0.39, 0.29) is 50.6 Å². The van der Waals surface area contributed by atoms with Gasteiger partial charge in [0, 0.05) is 25.9 Å². The molecule has 42 heavy (non-hydrogen) atoms. The van der Waals surface area contributed by atoms with Crippen molar-refractivity contribution in [2.45, 2.75) is 75.5 Å². The summed E-state index contributed by atoms with van der Waals surface area (Å²) in [6.07, 6.45) is 1.76. The van der Waals surface area contributed by atoms with Crippen molar-refractivity contribution >= 4 is 47.4 Å². The average Bonchev–Trinajstić information content (AvgIpc) is 3.62. The van der Waals surface area contributed by atoms with Crippen LogP contribution in [0, 0.1) is 0 Å². The number of likely N-dealkylation sites (tertiary alicyclic amines) is 2. The van der Waals surface area contributed by atoms with Gasteiger partial charge in [-0.15, -0.1) is 0 Å². The SMILES string of the molecule is NCC(=O)N1CCC[C@H]1C(=O)NC(CCC(N)=O)C(=O)O.NCC(=O)N1CCC[C@H]1C(=O)NC(CCC(N)=O)C(=O)O. The van der Waals surface area contributed by atoms with Crippen LogP contribution < -0.4 is 33.6 Å². The van der Waals surface area contributed by atoms with Crippen LogP contribution in [0.1, 0.15) is 51.4 Å². The highest BCUT2D eigenvalue weighted by Crippen LogP contribution is 2.18. The number of rotatable bonds is 14. The first-order valence-electron chi connectivity index (χ1n) is 13.3. The van der Waals surface area contributed by atoms with Gasteiger partial charge in [-0.25, -0.2) is 9.59 Å². The Labute approximate surface area is 241 Å². The Balaban J connectivity index is 0.000000420. The molecule has 0 aromatic rings. The molecule has 18 nitrogen and oxygen atoms in total. The predicted molar refractivity (Wildman–Crippen MR) is 144 cm³/mol. The molecular formula is C24H40N8O10. The van der Waals surface area contributed by atoms with E-state index in [1.54, 1.807) is 0 Å². The van der Waals surface area contributed by atoms with E-state index in [1.807, 2.05) is 0 Å². The summed E-state index contributed by atoms with van der Waals surface area (Å²) < 4.78 is 0. The Kier molecular flexibility index (Phi) is 14.9. The number of carbonyl (C=O) groups excluding carboxylic acids is 6. The number of primary amides is 2. The third kappa shape index (κ3) is 11.3. The molecule has 2 rings (SSSR count). The standard InChI is InChI=1S/2C12H20N4O5/c2*13-6-10(18)16-5-1-2-8(16)11(19)15-7(12(20)21)3-4-9(14)17/h2*7-8H,1-6,13H2,(H2,14,17)(H,15,19)(H,20,21)/t2*7?,8-/m00/s1. The molecule has 2 unspecified atom stereocenters. The summed E-state index contributed by atoms with van der Waals surface area (Å²) in [6, 6.07) is -3.84. The summed E-state index contributed by atoms with van der Waals surface area (Å²) in [6.45, 7) is 0.446. The highest BCUT2D eigenvalue weighted by Gasteiger charge is 2.36. The van der Waals surface area contributed by atoms with E-state index in [0.29, 0.717) is 38.8 Å². The summed E-state index contributed by atoms with van der Waals surface area (Å²) in [5.41, 5.74) is 20.5. The van der Waals surface area contributed by atoms with Crippen LogP contribution in [-0.2, 0) is 38.4 Å². The van der Waals surface area contributed by atoms with Crippen LogP contribution in [0.5, 0.6) is 0 Å². The minimum atomic E-state index is -1.25. The van der Waals surface area contributed by atoms with Crippen molar-refractivity contribution in [3.05, 3.63) is 0 Å². The van der Waals surface area contributed by atoms with Crippen molar-refractivity contribution in [3.8, 4) is 0 Å². The van der Waals surface area contributed by atoms with Gasteiger partial charge < -0.3 is 53.6 Å². The second-order valence-corrected chi connectivity index (χ2v) is 9.71. The summed E-state index contributed by atoms with van der Waals surface area (Å²) in [5, 5.41) is 22.7. The Morgan fingerprint density at radius 2 is 1.00 bits per heavy atom. The summed E-state index contributed by atoms with van der Waals surface area (Å²) >= 11 is 0. The first-order chi connectivity index (χ1) is 19.7. The first kappa shape index (κ1) is 35.7. The Bertz CT molecular complexity index is 959. The topological polar surface area (TPSA) is 312 Å². The van der Waals surface area contributed by atoms with Gasteiger partial charge in [0.2, 0.25) is 35.4 Å². The van der Waals surface area contributed by atoms with Crippen LogP contribution in [-0.4, -0.2) is 118 Å². The van der Waals surface area contributed by atoms with Gasteiger partial charge in [-0.3, -0.25) is 28.8 Å². The van der Waals surface area contributed by atoms with Gasteiger partial charge in [0.15, 0.2) is 0 Å². The lowest BCUT2D eigenvalue weighted by Crippen LogP contribution is -2.52. The maximum Gasteiger partial charge on any atom is 0.326 e. The van der Waals surface area contributed by atoms with E-state index in [2.05, 4.69) is 10.6 Å². The summed E-state index contributed by atoms with van der Waals surface area (Å²) in [5.74, 6) is -5.59. The van der Waals surface area contributed by atoms with Crippen molar-refractivity contribution in [2.24, 2.45) is 22.9 Å². The molecule has 2 heterocycles. The van der Waals surface area contributed by atoms with Gasteiger partial charge in [-0.2, -0.15) is 0 Å². The predicted octanol–water partition coefficient (Wildman–Crippen LogP) is -4.46. The fourth-order valence-electron chi connectivity index (χ4n) is 4.53. The number of nitrogens with zero attached hydrogens (tertiary/aromatic N) is 2. The normalized spacial score (nSPS) is 19.1.